The molecule has 8 fully saturated rings. The highest BCUT2D eigenvalue weighted by molar-refractivity contribution is 7.07. The summed E-state index contributed by atoms with van der Waals surface area (Å²) in [6.45, 7) is 15.7. The van der Waals surface area contributed by atoms with Crippen molar-refractivity contribution in [2.45, 2.75) is 148 Å². The van der Waals surface area contributed by atoms with Gasteiger partial charge in [-0.15, -0.1) is 31.8 Å². The fourth-order valence-electron chi connectivity index (χ4n) is 8.01. The maximum atomic E-state index is 5.07. The van der Waals surface area contributed by atoms with Gasteiger partial charge in [0, 0.05) is 201 Å². The highest BCUT2D eigenvalue weighted by Gasteiger charge is 1.99. The van der Waals surface area contributed by atoms with E-state index in [1.165, 1.54) is 167 Å². The van der Waals surface area contributed by atoms with Crippen molar-refractivity contribution < 1.29 is 32.8 Å². The Bertz CT molecular complexity index is 2600. The molecule has 33 heteroatoms. The highest BCUT2D eigenvalue weighted by Crippen LogP contribution is 2.16. The van der Waals surface area contributed by atoms with E-state index in [4.69, 9.17) is 28.4 Å². The number of hydrogen-bond donors (Lipinski definition) is 3. The summed E-state index contributed by atoms with van der Waals surface area (Å²) in [5, 5.41) is 52.2. The van der Waals surface area contributed by atoms with E-state index < -0.39 is 0 Å². The SMILES string of the molecule is C1=CCN=C1.C1=CN=CC1.C1=CN=NC1.C1=NN=CC1.C1CCCC1.C1CCCCC1.C1CCOC1.C1CCOCC1.C1CCOCC1.C1CNC1.C1COC1.C1COCCO1.C1N=NN=N1.c1c[nH]cn1.c1ccccc1.c1ccncc1.c1ccnnc1.c1cn[nH]c1.c1cnccn1.c1cncnc1.c1cscn1.c1nnco1. The lowest BCUT2D eigenvalue weighted by atomic mass is 10.0. The summed E-state index contributed by atoms with van der Waals surface area (Å²) in [6.07, 6.45) is 81.2. The maximum absolute atomic E-state index is 5.07. The van der Waals surface area contributed by atoms with Gasteiger partial charge in [-0.3, -0.25) is 35.0 Å². The van der Waals surface area contributed by atoms with Gasteiger partial charge in [0.05, 0.1) is 51.4 Å². The van der Waals surface area contributed by atoms with Gasteiger partial charge in [0.15, 0.2) is 6.67 Å². The Hall–Kier alpha value is -10.8. The molecule has 9 aromatic rings. The summed E-state index contributed by atoms with van der Waals surface area (Å²) in [5.74, 6) is 0. The molecule has 8 aromatic heterocycles. The van der Waals surface area contributed by atoms with Crippen molar-refractivity contribution in [2.24, 2.45) is 51.1 Å². The number of aliphatic imine (C=N–C) groups is 2. The average molecular weight is 1630 g/mol. The van der Waals surface area contributed by atoms with Crippen molar-refractivity contribution in [1.82, 2.24) is 75.8 Å². The third-order valence-electron chi connectivity index (χ3n) is 14.1. The topological polar surface area (TPSA) is 390 Å². The molecule has 117 heavy (non-hydrogen) atoms. The van der Waals surface area contributed by atoms with E-state index in [1.54, 1.807) is 153 Å². The van der Waals surface area contributed by atoms with Crippen LogP contribution in [0.5, 0.6) is 0 Å². The summed E-state index contributed by atoms with van der Waals surface area (Å²) < 4.78 is 34.1. The van der Waals surface area contributed by atoms with Crippen LogP contribution in [-0.4, -0.2) is 207 Å². The van der Waals surface area contributed by atoms with Gasteiger partial charge >= 0.3 is 0 Å². The lowest BCUT2D eigenvalue weighted by Crippen LogP contribution is -2.29. The molecule has 3 N–H and O–H groups in total. The molecule has 13 aliphatic rings. The van der Waals surface area contributed by atoms with Crippen LogP contribution < -0.4 is 5.32 Å². The van der Waals surface area contributed by atoms with Crippen LogP contribution in [0.25, 0.3) is 0 Å². The maximum Gasteiger partial charge on any atom is 0.203 e. The molecule has 0 radical (unpaired) electrons. The minimum atomic E-state index is 0.417. The number of nitrogens with one attached hydrogen (secondary N) is 3. The number of benzene rings is 1. The summed E-state index contributed by atoms with van der Waals surface area (Å²) in [5.41, 5.74) is 1.79. The number of aromatic amines is 2. The molecule has 0 unspecified atom stereocenters. The number of H-pyrrole nitrogens is 2. The molecule has 32 nitrogen and oxygen atoms in total. The van der Waals surface area contributed by atoms with Crippen molar-refractivity contribution in [2.75, 3.05) is 112 Å². The quantitative estimate of drug-likeness (QED) is 0.127. The Labute approximate surface area is 697 Å². The fraction of sp³-hybridized carbons (Fsp3) is 0.476. The molecule has 636 valence electrons. The van der Waals surface area contributed by atoms with Crippen LogP contribution in [0.1, 0.15) is 148 Å². The average Bonchev–Trinajstić information content (AvgIpc) is 4.29. The second kappa shape index (κ2) is 101. The second-order valence-electron chi connectivity index (χ2n) is 23.7. The number of thiazole rings is 1. The number of hydrogen-bond acceptors (Lipinski definition) is 31. The van der Waals surface area contributed by atoms with Crippen LogP contribution in [0.2, 0.25) is 0 Å². The van der Waals surface area contributed by atoms with E-state index in [2.05, 4.69) is 131 Å². The minimum Gasteiger partial charge on any atom is -0.431 e. The van der Waals surface area contributed by atoms with Crippen molar-refractivity contribution >= 4 is 36.2 Å². The van der Waals surface area contributed by atoms with E-state index in [9.17, 15) is 0 Å². The van der Waals surface area contributed by atoms with Crippen LogP contribution in [0, 0.1) is 0 Å². The van der Waals surface area contributed by atoms with Crippen molar-refractivity contribution in [1.29, 1.82) is 0 Å². The molecule has 22 rings (SSSR count). The van der Waals surface area contributed by atoms with E-state index in [0.29, 0.717) is 6.67 Å². The largest absolute Gasteiger partial charge is 0.431 e. The number of allylic oxidation sites excluding steroid dienone is 2. The Morgan fingerprint density at radius 2 is 0.821 bits per heavy atom. The lowest BCUT2D eigenvalue weighted by molar-refractivity contribution is -0.0334. The van der Waals surface area contributed by atoms with E-state index in [0.717, 1.165) is 105 Å². The van der Waals surface area contributed by atoms with Gasteiger partial charge in [-0.2, -0.15) is 35.7 Å². The molecule has 2 saturated carbocycles. The first-order valence-corrected chi connectivity index (χ1v) is 41.0. The summed E-state index contributed by atoms with van der Waals surface area (Å²) in [7, 11) is 0. The van der Waals surface area contributed by atoms with Gasteiger partial charge in [-0.25, -0.2) is 15.0 Å². The Morgan fingerprint density at radius 3 is 0.974 bits per heavy atom. The summed E-state index contributed by atoms with van der Waals surface area (Å²) in [6, 6.07) is 25.0. The Kier molecular flexibility index (Phi) is 90.2. The molecule has 0 bridgehead atoms. The van der Waals surface area contributed by atoms with Gasteiger partial charge in [0.1, 0.15) is 6.33 Å². The minimum absolute atomic E-state index is 0.417. The van der Waals surface area contributed by atoms with E-state index >= 15 is 0 Å². The second-order valence-corrected chi connectivity index (χ2v) is 24.4. The van der Waals surface area contributed by atoms with Gasteiger partial charge in [0.2, 0.25) is 12.8 Å². The Morgan fingerprint density at radius 1 is 0.342 bits per heavy atom. The van der Waals surface area contributed by atoms with Crippen LogP contribution >= 0.6 is 11.3 Å². The van der Waals surface area contributed by atoms with Crippen molar-refractivity contribution in [3.63, 3.8) is 0 Å². The Balaban J connectivity index is 0.000000613. The number of aromatic nitrogens is 14. The molecule has 0 spiro atoms. The molecule has 6 saturated heterocycles. The molecular weight excluding hydrogens is 1500 g/mol. The number of rotatable bonds is 0. The zero-order valence-electron chi connectivity index (χ0n) is 68.3. The third-order valence-corrected chi connectivity index (χ3v) is 14.6. The molecule has 1 aromatic carbocycles. The first-order valence-electron chi connectivity index (χ1n) is 40.1. The summed E-state index contributed by atoms with van der Waals surface area (Å²) in [4.78, 5) is 36.4. The summed E-state index contributed by atoms with van der Waals surface area (Å²) >= 11 is 1.60. The van der Waals surface area contributed by atoms with Gasteiger partial charge < -0.3 is 43.1 Å². The number of azo groups is 1. The van der Waals surface area contributed by atoms with Crippen LogP contribution in [0.3, 0.4) is 0 Å². The van der Waals surface area contributed by atoms with Crippen LogP contribution in [-0.2, 0) is 28.4 Å². The molecule has 19 heterocycles. The first kappa shape index (κ1) is 104. The normalized spacial score (nSPS) is 15.8. The lowest BCUT2D eigenvalue weighted by Gasteiger charge is -2.09. The first-order chi connectivity index (χ1) is 58.5. The van der Waals surface area contributed by atoms with Crippen LogP contribution in [0.4, 0.5) is 0 Å². The highest BCUT2D eigenvalue weighted by atomic mass is 32.1. The molecule has 0 amide bonds. The molecule has 2 aliphatic carbocycles. The van der Waals surface area contributed by atoms with Crippen LogP contribution in [0.15, 0.2) is 300 Å². The van der Waals surface area contributed by atoms with Crippen molar-refractivity contribution in [3.05, 3.63) is 245 Å². The molecule has 0 atom stereocenters. The van der Waals surface area contributed by atoms with Gasteiger partial charge in [-0.05, 0) is 136 Å². The molecule has 11 aliphatic heterocycles. The zero-order chi connectivity index (χ0) is 82.7. The van der Waals surface area contributed by atoms with E-state index in [-0.39, 0.29) is 0 Å². The smallest absolute Gasteiger partial charge is 0.203 e. The fourth-order valence-corrected chi connectivity index (χ4v) is 8.36. The number of nitrogens with zero attached hydrogens (tertiary/aromatic N) is 22. The molecular formula is C84H127N25O7S. The van der Waals surface area contributed by atoms with Crippen molar-refractivity contribution in [3.8, 4) is 0 Å². The number of ether oxygens (including phenoxy) is 6. The van der Waals surface area contributed by atoms with Gasteiger partial charge in [-0.1, -0.05) is 125 Å². The third kappa shape index (κ3) is 99.4. The number of imidazole rings is 1. The standard InChI is InChI=1S/C6H12.C6H6.C5H5N.2C5H10O.C5H10.3C4H4N2.2C4H5N.C4H8O2.C4H8O.4C3H4N2.C3H3NS.C3H7N.C3H6O.C2H2N2O.CH2N4/c5*1-2-4-6-5-3-1;1-2-4-5-3-1;1-2-6-4-3-5-1;1-2-5-4-6-3-1;1-2-4-6-5-3-1;2*1-2-4-5-3-1;1-2-6-4-3-5-1;1-2-4-5-3-1;1-2-5-3-4-1;3*1-2-4-5-3-1;1-2-5-3-4-1;2*1-2-4-3-1;1-3-4-2-5-1;1-2-4-5-3-1/h1-6H2;1-6H;1-5H;2*1-5H2;1-5H2;3*1-4H;1,3-4H,2H2;1-3H,4H2;1-4H2;1-4H2;1-3H,(H,4,5);2-3H,1H2;1-2H,3H2;1-3H,(H,4,5);1-3H;4H,1-3H2;1-3H2;1-2H;1H2. The predicted octanol–water partition coefficient (Wildman–Crippen LogP) is 17.9. The number of pyridine rings is 1. The monoisotopic (exact) mass is 1630 g/mol. The predicted molar refractivity (Wildman–Crippen MR) is 465 cm³/mol. The van der Waals surface area contributed by atoms with Gasteiger partial charge in [0.25, 0.3) is 0 Å². The zero-order valence-corrected chi connectivity index (χ0v) is 69.1. The van der Waals surface area contributed by atoms with E-state index in [1.807, 2.05) is 109 Å².